The van der Waals surface area contributed by atoms with Gasteiger partial charge in [0, 0.05) is 30.3 Å². The van der Waals surface area contributed by atoms with Gasteiger partial charge in [-0.05, 0) is 31.9 Å². The molecule has 1 saturated carbocycles. The fourth-order valence-corrected chi connectivity index (χ4v) is 1.76. The molecular weight excluding hydrogens is 296 g/mol. The van der Waals surface area contributed by atoms with Gasteiger partial charge < -0.3 is 16.4 Å². The molecule has 8 heteroatoms. The number of hydrogen-bond acceptors (Lipinski definition) is 5. The summed E-state index contributed by atoms with van der Waals surface area (Å²) < 4.78 is 0. The molecule has 0 spiro atoms. The lowest BCUT2D eigenvalue weighted by atomic mass is 10.1. The molecule has 1 fully saturated rings. The molecule has 0 bridgehead atoms. The van der Waals surface area contributed by atoms with Gasteiger partial charge in [-0.3, -0.25) is 14.9 Å². The summed E-state index contributed by atoms with van der Waals surface area (Å²) >= 11 is 0. The van der Waals surface area contributed by atoms with Gasteiger partial charge in [0.15, 0.2) is 0 Å². The molecule has 1 aliphatic carbocycles. The summed E-state index contributed by atoms with van der Waals surface area (Å²) in [7, 11) is 0. The van der Waals surface area contributed by atoms with Gasteiger partial charge in [-0.25, -0.2) is 0 Å². The third-order valence-corrected chi connectivity index (χ3v) is 3.12. The number of rotatable bonds is 6. The minimum Gasteiger partial charge on any atom is -0.377 e. The fourth-order valence-electron chi connectivity index (χ4n) is 1.76. The molecule has 1 aromatic rings. The van der Waals surface area contributed by atoms with Crippen molar-refractivity contribution < 1.29 is 9.72 Å². The molecule has 0 heterocycles. The van der Waals surface area contributed by atoms with Gasteiger partial charge in [-0.15, -0.1) is 12.4 Å². The lowest BCUT2D eigenvalue weighted by molar-refractivity contribution is -0.384. The highest BCUT2D eigenvalue weighted by molar-refractivity contribution is 5.96. The van der Waals surface area contributed by atoms with Crippen LogP contribution in [-0.4, -0.2) is 29.5 Å². The van der Waals surface area contributed by atoms with Crippen molar-refractivity contribution in [2.45, 2.75) is 31.8 Å². The van der Waals surface area contributed by atoms with Crippen molar-refractivity contribution in [3.05, 3.63) is 33.9 Å². The van der Waals surface area contributed by atoms with E-state index in [1.54, 1.807) is 19.1 Å². The molecule has 1 aliphatic rings. The average molecular weight is 315 g/mol. The van der Waals surface area contributed by atoms with Crippen molar-refractivity contribution in [3.8, 4) is 0 Å². The number of carbonyl (C=O) groups excluding carboxylic acids is 1. The second-order valence-corrected chi connectivity index (χ2v) is 5.02. The summed E-state index contributed by atoms with van der Waals surface area (Å²) in [5.74, 6) is -0.357. The Kier molecular flexibility index (Phi) is 5.92. The van der Waals surface area contributed by atoms with Gasteiger partial charge in [0.1, 0.15) is 5.69 Å². The Balaban J connectivity index is 0.00000220. The fraction of sp³-hybridized carbons (Fsp3) is 0.462. The monoisotopic (exact) mass is 314 g/mol. The summed E-state index contributed by atoms with van der Waals surface area (Å²) in [4.78, 5) is 22.5. The zero-order valence-electron chi connectivity index (χ0n) is 11.7. The molecular formula is C13H19ClN4O3. The van der Waals surface area contributed by atoms with Crippen molar-refractivity contribution in [3.63, 3.8) is 0 Å². The molecule has 1 atom stereocenters. The average Bonchev–Trinajstić information content (AvgIpc) is 3.22. The van der Waals surface area contributed by atoms with Crippen LogP contribution in [0.4, 0.5) is 11.4 Å². The van der Waals surface area contributed by atoms with Gasteiger partial charge in [0.2, 0.25) is 0 Å². The van der Waals surface area contributed by atoms with E-state index in [2.05, 4.69) is 10.6 Å². The van der Waals surface area contributed by atoms with Crippen LogP contribution >= 0.6 is 12.4 Å². The van der Waals surface area contributed by atoms with Crippen LogP contribution < -0.4 is 16.4 Å². The standard InChI is InChI=1S/C13H18N4O3.ClH/c1-8(7-14)15-13(18)9-2-5-11(16-10-3-4-10)12(6-9)17(19)20;/h2,5-6,8,10,16H,3-4,7,14H2,1H3,(H,15,18);1H/t8-;/m0./s1. The summed E-state index contributed by atoms with van der Waals surface area (Å²) in [6, 6.07) is 4.59. The van der Waals surface area contributed by atoms with Crippen LogP contribution in [0.25, 0.3) is 0 Å². The SMILES string of the molecule is C[C@@H](CN)NC(=O)c1ccc(NC2CC2)c([N+](=O)[O-])c1.Cl. The van der Waals surface area contributed by atoms with Crippen molar-refractivity contribution >= 4 is 29.7 Å². The first-order valence-electron chi connectivity index (χ1n) is 6.57. The van der Waals surface area contributed by atoms with Gasteiger partial charge in [-0.2, -0.15) is 0 Å². The van der Waals surface area contributed by atoms with E-state index in [1.807, 2.05) is 0 Å². The predicted molar refractivity (Wildman–Crippen MR) is 83.0 cm³/mol. The molecule has 1 aromatic carbocycles. The lowest BCUT2D eigenvalue weighted by Gasteiger charge is -2.12. The van der Waals surface area contributed by atoms with Gasteiger partial charge in [-0.1, -0.05) is 0 Å². The van der Waals surface area contributed by atoms with E-state index in [1.165, 1.54) is 6.07 Å². The van der Waals surface area contributed by atoms with Crippen molar-refractivity contribution in [1.29, 1.82) is 0 Å². The second kappa shape index (κ2) is 7.24. The summed E-state index contributed by atoms with van der Waals surface area (Å²) in [6.07, 6.45) is 2.04. The third kappa shape index (κ3) is 4.57. The summed E-state index contributed by atoms with van der Waals surface area (Å²) in [6.45, 7) is 2.09. The van der Waals surface area contributed by atoms with Crippen molar-refractivity contribution in [2.75, 3.05) is 11.9 Å². The van der Waals surface area contributed by atoms with E-state index in [4.69, 9.17) is 5.73 Å². The van der Waals surface area contributed by atoms with E-state index in [-0.39, 0.29) is 35.6 Å². The topological polar surface area (TPSA) is 110 Å². The number of halogens is 1. The molecule has 0 aliphatic heterocycles. The number of carbonyl (C=O) groups is 1. The van der Waals surface area contributed by atoms with E-state index >= 15 is 0 Å². The van der Waals surface area contributed by atoms with Crippen LogP contribution in [0.15, 0.2) is 18.2 Å². The molecule has 21 heavy (non-hydrogen) atoms. The Morgan fingerprint density at radius 2 is 2.19 bits per heavy atom. The number of nitro groups is 1. The molecule has 0 saturated heterocycles. The molecule has 4 N–H and O–H groups in total. The minimum absolute atomic E-state index is 0. The largest absolute Gasteiger partial charge is 0.377 e. The van der Waals surface area contributed by atoms with Crippen LogP contribution in [0.2, 0.25) is 0 Å². The first-order chi connectivity index (χ1) is 9.51. The second-order valence-electron chi connectivity index (χ2n) is 5.02. The number of nitrogens with two attached hydrogens (primary N) is 1. The van der Waals surface area contributed by atoms with Gasteiger partial charge >= 0.3 is 0 Å². The summed E-state index contributed by atoms with van der Waals surface area (Å²) in [5, 5.41) is 16.9. The maximum absolute atomic E-state index is 11.9. The highest BCUT2D eigenvalue weighted by Gasteiger charge is 2.25. The van der Waals surface area contributed by atoms with Gasteiger partial charge in [0.05, 0.1) is 4.92 Å². The molecule has 0 aromatic heterocycles. The Labute approximate surface area is 128 Å². The molecule has 1 amide bonds. The highest BCUT2D eigenvalue weighted by Crippen LogP contribution is 2.31. The smallest absolute Gasteiger partial charge is 0.293 e. The normalized spacial score (nSPS) is 14.8. The number of anilines is 1. The van der Waals surface area contributed by atoms with Crippen LogP contribution in [0.1, 0.15) is 30.1 Å². The molecule has 7 nitrogen and oxygen atoms in total. The quantitative estimate of drug-likeness (QED) is 0.546. The molecule has 0 unspecified atom stereocenters. The van der Waals surface area contributed by atoms with E-state index in [0.29, 0.717) is 18.3 Å². The Bertz CT molecular complexity index is 534. The van der Waals surface area contributed by atoms with Gasteiger partial charge in [0.25, 0.3) is 11.6 Å². The third-order valence-electron chi connectivity index (χ3n) is 3.12. The number of nitrogens with one attached hydrogen (secondary N) is 2. The Hall–Kier alpha value is -1.86. The van der Waals surface area contributed by atoms with Crippen LogP contribution in [-0.2, 0) is 0 Å². The first kappa shape index (κ1) is 17.2. The first-order valence-corrected chi connectivity index (χ1v) is 6.57. The van der Waals surface area contributed by atoms with E-state index < -0.39 is 4.92 Å². The van der Waals surface area contributed by atoms with E-state index in [0.717, 1.165) is 12.8 Å². The van der Waals surface area contributed by atoms with Crippen LogP contribution in [0, 0.1) is 10.1 Å². The molecule has 0 radical (unpaired) electrons. The van der Waals surface area contributed by atoms with Crippen LogP contribution in [0.5, 0.6) is 0 Å². The zero-order valence-corrected chi connectivity index (χ0v) is 12.5. The number of nitrogens with zero attached hydrogens (tertiary/aromatic N) is 1. The van der Waals surface area contributed by atoms with Crippen LogP contribution in [0.3, 0.4) is 0 Å². The zero-order chi connectivity index (χ0) is 14.7. The maximum Gasteiger partial charge on any atom is 0.293 e. The highest BCUT2D eigenvalue weighted by atomic mass is 35.5. The van der Waals surface area contributed by atoms with E-state index in [9.17, 15) is 14.9 Å². The Morgan fingerprint density at radius 3 is 2.71 bits per heavy atom. The number of nitro benzene ring substituents is 1. The minimum atomic E-state index is -0.478. The number of hydrogen-bond donors (Lipinski definition) is 3. The van der Waals surface area contributed by atoms with Crippen molar-refractivity contribution in [1.82, 2.24) is 5.32 Å². The predicted octanol–water partition coefficient (Wildman–Crippen LogP) is 1.67. The number of benzene rings is 1. The molecule has 2 rings (SSSR count). The lowest BCUT2D eigenvalue weighted by Crippen LogP contribution is -2.37. The molecule has 116 valence electrons. The van der Waals surface area contributed by atoms with Crippen molar-refractivity contribution in [2.24, 2.45) is 5.73 Å². The Morgan fingerprint density at radius 1 is 1.52 bits per heavy atom. The number of amides is 1. The maximum atomic E-state index is 11.9. The summed E-state index contributed by atoms with van der Waals surface area (Å²) in [5.41, 5.74) is 6.07.